The van der Waals surface area contributed by atoms with Gasteiger partial charge in [0.05, 0.1) is 11.1 Å². The largest absolute Gasteiger partial charge is 0.396 e. The van der Waals surface area contributed by atoms with Gasteiger partial charge in [0, 0.05) is 30.3 Å². The van der Waals surface area contributed by atoms with Crippen molar-refractivity contribution >= 4 is 29.4 Å². The third-order valence-electron chi connectivity index (χ3n) is 6.76. The molecule has 5 rings (SSSR count). The number of benzene rings is 2. The summed E-state index contributed by atoms with van der Waals surface area (Å²) in [6.07, 6.45) is 4.44. The number of esters is 2. The number of fused-ring (bicyclic) bond motifs is 2. The summed E-state index contributed by atoms with van der Waals surface area (Å²) in [5.41, 5.74) is 1.62. The second-order valence-electron chi connectivity index (χ2n) is 9.02. The number of nitrogens with zero attached hydrogens (tertiary/aromatic N) is 2. The fourth-order valence-corrected chi connectivity index (χ4v) is 5.07. The van der Waals surface area contributed by atoms with E-state index in [0.717, 1.165) is 56.6 Å². The first-order valence-corrected chi connectivity index (χ1v) is 11.9. The van der Waals surface area contributed by atoms with Gasteiger partial charge in [-0.3, -0.25) is 9.69 Å². The molecule has 35 heavy (non-hydrogen) atoms. The van der Waals surface area contributed by atoms with Crippen LogP contribution in [0.4, 0.5) is 4.39 Å². The Labute approximate surface area is 207 Å². The third kappa shape index (κ3) is 4.68. The molecule has 9 heteroatoms. The van der Waals surface area contributed by atoms with Crippen LogP contribution in [0.5, 0.6) is 0 Å². The van der Waals surface area contributed by atoms with Crippen LogP contribution in [0.25, 0.3) is 0 Å². The highest BCUT2D eigenvalue weighted by Gasteiger charge is 2.57. The van der Waals surface area contributed by atoms with Gasteiger partial charge in [-0.05, 0) is 74.2 Å². The SMILES string of the molecule is O=C1C=CC(=O)OC2(O1)c1cc(Cl)ccc1C(=O)N2CC1CCN(CCc2ccc(F)cc2)CC1. The van der Waals surface area contributed by atoms with Crippen LogP contribution in [0.15, 0.2) is 54.6 Å². The van der Waals surface area contributed by atoms with Gasteiger partial charge < -0.3 is 14.4 Å². The molecule has 3 aliphatic rings. The molecule has 7 nitrogen and oxygen atoms in total. The van der Waals surface area contributed by atoms with Crippen molar-refractivity contribution in [2.75, 3.05) is 26.2 Å². The molecule has 0 saturated carbocycles. The Kier molecular flexibility index (Phi) is 6.34. The van der Waals surface area contributed by atoms with E-state index >= 15 is 0 Å². The molecule has 0 aromatic heterocycles. The molecule has 0 unspecified atom stereocenters. The number of hydrogen-bond acceptors (Lipinski definition) is 6. The number of ether oxygens (including phenoxy) is 2. The van der Waals surface area contributed by atoms with E-state index in [1.807, 2.05) is 0 Å². The van der Waals surface area contributed by atoms with Crippen molar-refractivity contribution < 1.29 is 28.2 Å². The second-order valence-corrected chi connectivity index (χ2v) is 9.46. The highest BCUT2D eigenvalue weighted by Crippen LogP contribution is 2.44. The van der Waals surface area contributed by atoms with Crippen molar-refractivity contribution in [3.05, 3.63) is 82.1 Å². The highest BCUT2D eigenvalue weighted by molar-refractivity contribution is 6.30. The average molecular weight is 499 g/mol. The first-order valence-electron chi connectivity index (χ1n) is 11.6. The second kappa shape index (κ2) is 9.43. The molecule has 182 valence electrons. The number of rotatable bonds is 5. The molecule has 0 atom stereocenters. The molecule has 1 amide bonds. The molecule has 2 aromatic rings. The molecule has 2 aromatic carbocycles. The van der Waals surface area contributed by atoms with E-state index in [1.54, 1.807) is 24.3 Å². The Hall–Kier alpha value is -3.23. The average Bonchev–Trinajstić information content (AvgIpc) is 2.94. The summed E-state index contributed by atoms with van der Waals surface area (Å²) < 4.78 is 24.3. The molecule has 3 aliphatic heterocycles. The van der Waals surface area contributed by atoms with Gasteiger partial charge in [0.15, 0.2) is 0 Å². The molecule has 0 radical (unpaired) electrons. The van der Waals surface area contributed by atoms with Crippen molar-refractivity contribution in [2.45, 2.75) is 25.2 Å². The maximum Gasteiger partial charge on any atom is 0.375 e. The zero-order valence-corrected chi connectivity index (χ0v) is 19.7. The molecular formula is C26H24ClFN2O5. The van der Waals surface area contributed by atoms with E-state index in [9.17, 15) is 18.8 Å². The highest BCUT2D eigenvalue weighted by atomic mass is 35.5. The number of piperidine rings is 1. The van der Waals surface area contributed by atoms with E-state index in [4.69, 9.17) is 21.1 Å². The Balaban J connectivity index is 1.29. The molecule has 3 heterocycles. The smallest absolute Gasteiger partial charge is 0.375 e. The third-order valence-corrected chi connectivity index (χ3v) is 7.00. The lowest BCUT2D eigenvalue weighted by Gasteiger charge is -2.39. The summed E-state index contributed by atoms with van der Waals surface area (Å²) in [5.74, 6) is -4.04. The zero-order valence-electron chi connectivity index (χ0n) is 18.9. The first kappa shape index (κ1) is 23.5. The normalized spacial score (nSPS) is 20.1. The monoisotopic (exact) mass is 498 g/mol. The summed E-state index contributed by atoms with van der Waals surface area (Å²) in [4.78, 5) is 41.7. The van der Waals surface area contributed by atoms with Crippen molar-refractivity contribution in [1.29, 1.82) is 0 Å². The molecule has 0 N–H and O–H groups in total. The van der Waals surface area contributed by atoms with Crippen LogP contribution in [-0.2, 0) is 31.4 Å². The summed E-state index contributed by atoms with van der Waals surface area (Å²) in [7, 11) is 0. The lowest BCUT2D eigenvalue weighted by molar-refractivity contribution is -0.275. The van der Waals surface area contributed by atoms with Gasteiger partial charge in [-0.1, -0.05) is 23.7 Å². The minimum Gasteiger partial charge on any atom is -0.396 e. The van der Waals surface area contributed by atoms with Gasteiger partial charge in [-0.2, -0.15) is 0 Å². The lowest BCUT2D eigenvalue weighted by Crippen LogP contribution is -2.52. The predicted molar refractivity (Wildman–Crippen MR) is 125 cm³/mol. The molecule has 1 spiro atoms. The van der Waals surface area contributed by atoms with Crippen molar-refractivity contribution in [3.63, 3.8) is 0 Å². The Bertz CT molecular complexity index is 1170. The standard InChI is InChI=1S/C26H24ClFN2O5/c27-19-3-6-21-22(15-19)26(34-23(31)7-8-24(32)35-26)30(25(21)33)16-18-10-13-29(14-11-18)12-9-17-1-4-20(28)5-2-17/h1-8,15,18H,9-14,16H2. The van der Waals surface area contributed by atoms with Gasteiger partial charge in [0.25, 0.3) is 5.91 Å². The Morgan fingerprint density at radius 1 is 0.971 bits per heavy atom. The summed E-state index contributed by atoms with van der Waals surface area (Å²) in [5, 5.41) is 0.330. The fourth-order valence-electron chi connectivity index (χ4n) is 4.90. The van der Waals surface area contributed by atoms with E-state index in [1.165, 1.54) is 23.1 Å². The maximum atomic E-state index is 13.4. The van der Waals surface area contributed by atoms with Crippen molar-refractivity contribution in [2.24, 2.45) is 5.92 Å². The fraction of sp³-hybridized carbons (Fsp3) is 0.346. The van der Waals surface area contributed by atoms with E-state index in [-0.39, 0.29) is 35.3 Å². The van der Waals surface area contributed by atoms with Crippen LogP contribution >= 0.6 is 11.6 Å². The van der Waals surface area contributed by atoms with Crippen LogP contribution in [0.3, 0.4) is 0 Å². The van der Waals surface area contributed by atoms with E-state index < -0.39 is 17.8 Å². The lowest BCUT2D eigenvalue weighted by atomic mass is 9.95. The Morgan fingerprint density at radius 3 is 2.29 bits per heavy atom. The van der Waals surface area contributed by atoms with Gasteiger partial charge in [-0.15, -0.1) is 0 Å². The number of hydrogen-bond donors (Lipinski definition) is 0. The van der Waals surface area contributed by atoms with Gasteiger partial charge >= 0.3 is 17.8 Å². The number of amides is 1. The molecular weight excluding hydrogens is 475 g/mol. The maximum absolute atomic E-state index is 13.4. The van der Waals surface area contributed by atoms with Crippen molar-refractivity contribution in [1.82, 2.24) is 9.80 Å². The van der Waals surface area contributed by atoms with Crippen LogP contribution in [-0.4, -0.2) is 53.8 Å². The topological polar surface area (TPSA) is 76.2 Å². The van der Waals surface area contributed by atoms with Gasteiger partial charge in [-0.25, -0.2) is 14.0 Å². The van der Waals surface area contributed by atoms with E-state index in [2.05, 4.69) is 4.90 Å². The van der Waals surface area contributed by atoms with Crippen LogP contribution in [0, 0.1) is 11.7 Å². The summed E-state index contributed by atoms with van der Waals surface area (Å²) in [6, 6.07) is 11.2. The molecule has 1 fully saturated rings. The van der Waals surface area contributed by atoms with Crippen molar-refractivity contribution in [3.8, 4) is 0 Å². The van der Waals surface area contributed by atoms with Crippen LogP contribution in [0.2, 0.25) is 5.02 Å². The number of halogens is 2. The molecule has 0 bridgehead atoms. The number of carbonyl (C=O) groups is 3. The number of likely N-dealkylation sites (tertiary alicyclic amines) is 1. The minimum absolute atomic E-state index is 0.122. The van der Waals surface area contributed by atoms with Gasteiger partial charge in [0.1, 0.15) is 5.82 Å². The molecule has 1 saturated heterocycles. The minimum atomic E-state index is -1.98. The van der Waals surface area contributed by atoms with Crippen LogP contribution in [0.1, 0.15) is 34.3 Å². The number of carbonyl (C=O) groups excluding carboxylic acids is 3. The first-order chi connectivity index (χ1) is 16.8. The zero-order chi connectivity index (χ0) is 24.6. The predicted octanol–water partition coefficient (Wildman–Crippen LogP) is 3.66. The summed E-state index contributed by atoms with van der Waals surface area (Å²) in [6.45, 7) is 2.79. The quantitative estimate of drug-likeness (QED) is 0.586. The summed E-state index contributed by atoms with van der Waals surface area (Å²) >= 11 is 6.17. The van der Waals surface area contributed by atoms with E-state index in [0.29, 0.717) is 5.02 Å². The van der Waals surface area contributed by atoms with Gasteiger partial charge in [0.2, 0.25) is 0 Å². The van der Waals surface area contributed by atoms with Crippen LogP contribution < -0.4 is 0 Å². The molecule has 0 aliphatic carbocycles. The Morgan fingerprint density at radius 2 is 1.63 bits per heavy atom.